The Morgan fingerprint density at radius 2 is 1.61 bits per heavy atom. The average Bonchev–Trinajstić information content (AvgIpc) is 2.66. The molecular formula is C22H25NO5. The van der Waals surface area contributed by atoms with Gasteiger partial charge in [0.05, 0.1) is 14.2 Å². The molecule has 2 rings (SSSR count). The maximum Gasteiger partial charge on any atom is 0.244 e. The van der Waals surface area contributed by atoms with Crippen molar-refractivity contribution >= 4 is 23.5 Å². The van der Waals surface area contributed by atoms with Gasteiger partial charge in [-0.15, -0.1) is 0 Å². The molecule has 0 saturated carbocycles. The van der Waals surface area contributed by atoms with E-state index in [1.54, 1.807) is 13.0 Å². The first-order chi connectivity index (χ1) is 13.3. The minimum absolute atomic E-state index is 0.0612. The average molecular weight is 383 g/mol. The molecule has 0 atom stereocenters. The molecule has 1 aromatic rings. The Balaban J connectivity index is 2.17. The SMILES string of the molecule is COC1=C(OC)C(=O)C(Cc2ccc(/C=C/C(=O)NC(C)C)cc2)=C(C)C1=O. The lowest BCUT2D eigenvalue weighted by Gasteiger charge is -2.20. The summed E-state index contributed by atoms with van der Waals surface area (Å²) in [5.41, 5.74) is 2.48. The van der Waals surface area contributed by atoms with Gasteiger partial charge in [0, 0.05) is 29.7 Å². The number of ketones is 2. The number of benzene rings is 1. The van der Waals surface area contributed by atoms with E-state index in [0.29, 0.717) is 17.6 Å². The molecule has 0 fully saturated rings. The van der Waals surface area contributed by atoms with Gasteiger partial charge < -0.3 is 14.8 Å². The molecule has 1 amide bonds. The van der Waals surface area contributed by atoms with E-state index in [0.717, 1.165) is 11.1 Å². The molecule has 1 aliphatic carbocycles. The van der Waals surface area contributed by atoms with Crippen molar-refractivity contribution in [3.8, 4) is 0 Å². The topological polar surface area (TPSA) is 81.7 Å². The molecule has 6 heteroatoms. The molecule has 6 nitrogen and oxygen atoms in total. The molecule has 0 heterocycles. The van der Waals surface area contributed by atoms with Gasteiger partial charge in [-0.05, 0) is 38.0 Å². The second-order valence-electron chi connectivity index (χ2n) is 6.74. The number of carbonyl (C=O) groups is 3. The summed E-state index contributed by atoms with van der Waals surface area (Å²) in [5.74, 6) is -0.966. The lowest BCUT2D eigenvalue weighted by Crippen LogP contribution is -2.28. The van der Waals surface area contributed by atoms with Gasteiger partial charge in [-0.3, -0.25) is 14.4 Å². The van der Waals surface area contributed by atoms with E-state index >= 15 is 0 Å². The van der Waals surface area contributed by atoms with E-state index in [4.69, 9.17) is 9.47 Å². The molecule has 28 heavy (non-hydrogen) atoms. The summed E-state index contributed by atoms with van der Waals surface area (Å²) < 4.78 is 10.1. The molecule has 0 spiro atoms. The Morgan fingerprint density at radius 3 is 2.14 bits per heavy atom. The van der Waals surface area contributed by atoms with Crippen molar-refractivity contribution in [3.05, 3.63) is 64.1 Å². The number of methoxy groups -OCH3 is 2. The molecule has 148 valence electrons. The molecular weight excluding hydrogens is 358 g/mol. The number of Topliss-reactive ketones (excluding diaryl/α,β-unsaturated/α-hetero) is 2. The van der Waals surface area contributed by atoms with Crippen LogP contribution < -0.4 is 5.32 Å². The highest BCUT2D eigenvalue weighted by molar-refractivity contribution is 6.23. The van der Waals surface area contributed by atoms with E-state index in [-0.39, 0.29) is 35.0 Å². The first-order valence-electron chi connectivity index (χ1n) is 8.97. The fourth-order valence-corrected chi connectivity index (χ4v) is 2.86. The van der Waals surface area contributed by atoms with Crippen LogP contribution in [0.5, 0.6) is 0 Å². The van der Waals surface area contributed by atoms with Crippen LogP contribution in [0.2, 0.25) is 0 Å². The second-order valence-corrected chi connectivity index (χ2v) is 6.74. The van der Waals surface area contributed by atoms with Crippen molar-refractivity contribution in [2.75, 3.05) is 14.2 Å². The van der Waals surface area contributed by atoms with Crippen LogP contribution in [0.4, 0.5) is 0 Å². The number of rotatable bonds is 7. The molecule has 0 aromatic heterocycles. The van der Waals surface area contributed by atoms with E-state index in [1.165, 1.54) is 20.3 Å². The third-order valence-electron chi connectivity index (χ3n) is 4.31. The number of hydrogen-bond acceptors (Lipinski definition) is 5. The van der Waals surface area contributed by atoms with Crippen LogP contribution in [0.25, 0.3) is 6.08 Å². The van der Waals surface area contributed by atoms with Gasteiger partial charge in [-0.2, -0.15) is 0 Å². The van der Waals surface area contributed by atoms with Gasteiger partial charge in [0.15, 0.2) is 0 Å². The van der Waals surface area contributed by atoms with E-state index in [2.05, 4.69) is 5.32 Å². The lowest BCUT2D eigenvalue weighted by molar-refractivity contribution is -0.121. The van der Waals surface area contributed by atoms with Gasteiger partial charge in [0.1, 0.15) is 0 Å². The van der Waals surface area contributed by atoms with Gasteiger partial charge in [0.2, 0.25) is 29.0 Å². The van der Waals surface area contributed by atoms with Crippen molar-refractivity contribution in [1.29, 1.82) is 0 Å². The van der Waals surface area contributed by atoms with Crippen molar-refractivity contribution in [2.45, 2.75) is 33.2 Å². The van der Waals surface area contributed by atoms with Crippen molar-refractivity contribution in [2.24, 2.45) is 0 Å². The molecule has 0 radical (unpaired) electrons. The minimum atomic E-state index is -0.343. The third-order valence-corrected chi connectivity index (χ3v) is 4.31. The number of nitrogens with one attached hydrogen (secondary N) is 1. The zero-order valence-corrected chi connectivity index (χ0v) is 16.8. The Bertz CT molecular complexity index is 873. The highest BCUT2D eigenvalue weighted by Crippen LogP contribution is 2.28. The smallest absolute Gasteiger partial charge is 0.244 e. The highest BCUT2D eigenvalue weighted by atomic mass is 16.5. The first kappa shape index (κ1) is 21.2. The fraction of sp³-hybridized carbons (Fsp3) is 0.318. The molecule has 1 aliphatic rings. The van der Waals surface area contributed by atoms with Gasteiger partial charge >= 0.3 is 0 Å². The molecule has 0 saturated heterocycles. The molecule has 0 aliphatic heterocycles. The van der Waals surface area contributed by atoms with Crippen LogP contribution in [0.1, 0.15) is 31.9 Å². The molecule has 0 unspecified atom stereocenters. The number of hydrogen-bond donors (Lipinski definition) is 1. The summed E-state index contributed by atoms with van der Waals surface area (Å²) in [5, 5.41) is 2.78. The Kier molecular flexibility index (Phi) is 6.93. The van der Waals surface area contributed by atoms with E-state index in [9.17, 15) is 14.4 Å². The first-order valence-corrected chi connectivity index (χ1v) is 8.97. The van der Waals surface area contributed by atoms with Crippen LogP contribution in [-0.4, -0.2) is 37.7 Å². The van der Waals surface area contributed by atoms with Crippen LogP contribution in [-0.2, 0) is 30.3 Å². The number of allylic oxidation sites excluding steroid dienone is 2. The van der Waals surface area contributed by atoms with Crippen LogP contribution in [0.15, 0.2) is 53.0 Å². The number of amides is 1. The van der Waals surface area contributed by atoms with Crippen LogP contribution in [0.3, 0.4) is 0 Å². The maximum absolute atomic E-state index is 12.7. The maximum atomic E-state index is 12.7. The third kappa shape index (κ3) is 4.76. The largest absolute Gasteiger partial charge is 0.489 e. The van der Waals surface area contributed by atoms with Gasteiger partial charge in [-0.25, -0.2) is 0 Å². The van der Waals surface area contributed by atoms with E-state index < -0.39 is 0 Å². The summed E-state index contributed by atoms with van der Waals surface area (Å²) in [7, 11) is 2.68. The fourth-order valence-electron chi connectivity index (χ4n) is 2.86. The Labute approximate surface area is 164 Å². The Hall–Kier alpha value is -3.15. The van der Waals surface area contributed by atoms with Gasteiger partial charge in [-0.1, -0.05) is 24.3 Å². The normalized spacial score (nSPS) is 14.9. The summed E-state index contributed by atoms with van der Waals surface area (Å²) in [4.78, 5) is 36.8. The van der Waals surface area contributed by atoms with Crippen LogP contribution in [0, 0.1) is 0 Å². The molecule has 0 bridgehead atoms. The van der Waals surface area contributed by atoms with Gasteiger partial charge in [0.25, 0.3) is 0 Å². The van der Waals surface area contributed by atoms with Crippen molar-refractivity contribution in [3.63, 3.8) is 0 Å². The summed E-state index contributed by atoms with van der Waals surface area (Å²) in [6.07, 6.45) is 3.50. The summed E-state index contributed by atoms with van der Waals surface area (Å²) in [6.45, 7) is 5.41. The predicted octanol–water partition coefficient (Wildman–Crippen LogP) is 2.74. The summed E-state index contributed by atoms with van der Waals surface area (Å²) >= 11 is 0. The lowest BCUT2D eigenvalue weighted by atomic mass is 9.89. The molecule has 1 N–H and O–H groups in total. The zero-order valence-electron chi connectivity index (χ0n) is 16.8. The number of ether oxygens (including phenoxy) is 2. The Morgan fingerprint density at radius 1 is 1.04 bits per heavy atom. The van der Waals surface area contributed by atoms with Crippen LogP contribution >= 0.6 is 0 Å². The molecule has 1 aromatic carbocycles. The highest BCUT2D eigenvalue weighted by Gasteiger charge is 2.34. The second kappa shape index (κ2) is 9.17. The summed E-state index contributed by atoms with van der Waals surface area (Å²) in [6, 6.07) is 7.51. The number of carbonyl (C=O) groups excluding carboxylic acids is 3. The quantitative estimate of drug-likeness (QED) is 0.578. The van der Waals surface area contributed by atoms with E-state index in [1.807, 2.05) is 38.1 Å². The van der Waals surface area contributed by atoms with Crippen molar-refractivity contribution < 1.29 is 23.9 Å². The monoisotopic (exact) mass is 383 g/mol. The minimum Gasteiger partial charge on any atom is -0.489 e. The standard InChI is InChI=1S/C22H25NO5/c1-13(2)23-18(24)11-10-15-6-8-16(9-7-15)12-17-14(3)19(25)21(27-4)22(28-5)20(17)26/h6-11,13H,12H2,1-5H3,(H,23,24)/b11-10+. The van der Waals surface area contributed by atoms with Crippen molar-refractivity contribution in [1.82, 2.24) is 5.32 Å². The predicted molar refractivity (Wildman–Crippen MR) is 106 cm³/mol. The zero-order chi connectivity index (χ0) is 20.8.